The number of aryl methyl sites for hydroxylation is 1. The lowest BCUT2D eigenvalue weighted by atomic mass is 9.88. The van der Waals surface area contributed by atoms with Crippen molar-refractivity contribution in [3.8, 4) is 16.9 Å². The van der Waals surface area contributed by atoms with E-state index in [-0.39, 0.29) is 5.75 Å². The van der Waals surface area contributed by atoms with Gasteiger partial charge in [-0.15, -0.1) is 0 Å². The van der Waals surface area contributed by atoms with Gasteiger partial charge in [0.2, 0.25) is 6.29 Å². The number of rotatable bonds is 5. The highest BCUT2D eigenvalue weighted by Crippen LogP contribution is 2.34. The molecular formula is C25H27NO8. The first-order valence-corrected chi connectivity index (χ1v) is 10.8. The van der Waals surface area contributed by atoms with Gasteiger partial charge in [-0.3, -0.25) is 0 Å². The average molecular weight is 469 g/mol. The van der Waals surface area contributed by atoms with Gasteiger partial charge in [0.15, 0.2) is 0 Å². The molecule has 180 valence electrons. The lowest BCUT2D eigenvalue weighted by molar-refractivity contribution is -0.276. The fraction of sp³-hybridized carbons (Fsp3) is 0.360. The quantitative estimate of drug-likeness (QED) is 0.486. The molecule has 1 aliphatic rings. The van der Waals surface area contributed by atoms with Gasteiger partial charge in [-0.1, -0.05) is 30.3 Å². The van der Waals surface area contributed by atoms with Crippen molar-refractivity contribution in [1.29, 1.82) is 0 Å². The maximum atomic E-state index is 12.8. The van der Waals surface area contributed by atoms with E-state index in [1.807, 2.05) is 37.3 Å². The van der Waals surface area contributed by atoms with Gasteiger partial charge in [0.05, 0.1) is 11.2 Å². The number of aliphatic hydroxyl groups excluding tert-OH is 1. The summed E-state index contributed by atoms with van der Waals surface area (Å²) in [5.41, 5.74) is 0.875. The number of benzene rings is 2. The summed E-state index contributed by atoms with van der Waals surface area (Å²) in [7, 11) is 1.41. The fourth-order valence-electron chi connectivity index (χ4n) is 4.50. The summed E-state index contributed by atoms with van der Waals surface area (Å²) < 4.78 is 22.9. The molecule has 2 aromatic carbocycles. The van der Waals surface area contributed by atoms with Gasteiger partial charge in [-0.2, -0.15) is 0 Å². The van der Waals surface area contributed by atoms with Crippen molar-refractivity contribution in [3.05, 3.63) is 64.5 Å². The topological polar surface area (TPSA) is 127 Å². The Morgan fingerprint density at radius 3 is 2.50 bits per heavy atom. The molecular weight excluding hydrogens is 442 g/mol. The molecule has 0 spiro atoms. The van der Waals surface area contributed by atoms with E-state index in [9.17, 15) is 19.8 Å². The number of amides is 1. The Kier molecular flexibility index (Phi) is 6.35. The van der Waals surface area contributed by atoms with E-state index in [0.717, 1.165) is 16.5 Å². The van der Waals surface area contributed by atoms with Crippen LogP contribution in [0.15, 0.2) is 57.7 Å². The van der Waals surface area contributed by atoms with Crippen molar-refractivity contribution >= 4 is 17.1 Å². The van der Waals surface area contributed by atoms with Crippen LogP contribution < -0.4 is 15.7 Å². The van der Waals surface area contributed by atoms with E-state index >= 15 is 0 Å². The summed E-state index contributed by atoms with van der Waals surface area (Å²) in [4.78, 5) is 24.1. The number of carboxylic acid groups (broad SMARTS) is 1. The Morgan fingerprint density at radius 2 is 1.85 bits per heavy atom. The van der Waals surface area contributed by atoms with Crippen molar-refractivity contribution in [2.75, 3.05) is 7.11 Å². The van der Waals surface area contributed by atoms with Crippen LogP contribution in [0.4, 0.5) is 4.79 Å². The van der Waals surface area contributed by atoms with Crippen LogP contribution in [-0.2, 0) is 9.47 Å². The van der Waals surface area contributed by atoms with Crippen LogP contribution in [0.1, 0.15) is 19.4 Å². The van der Waals surface area contributed by atoms with E-state index in [4.69, 9.17) is 18.6 Å². The van der Waals surface area contributed by atoms with Crippen LogP contribution in [0, 0.1) is 6.92 Å². The number of nitrogens with one attached hydrogen (secondary N) is 1. The van der Waals surface area contributed by atoms with Crippen LogP contribution in [0.5, 0.6) is 5.75 Å². The molecule has 9 heteroatoms. The van der Waals surface area contributed by atoms with Crippen molar-refractivity contribution in [2.24, 2.45) is 0 Å². The third-order valence-corrected chi connectivity index (χ3v) is 6.07. The molecule has 1 saturated heterocycles. The summed E-state index contributed by atoms with van der Waals surface area (Å²) in [5.74, 6) is 0.281. The Balaban J connectivity index is 1.69. The second-order valence-electron chi connectivity index (χ2n) is 8.74. The van der Waals surface area contributed by atoms with Crippen molar-refractivity contribution in [1.82, 2.24) is 5.32 Å². The Morgan fingerprint density at radius 1 is 1.15 bits per heavy atom. The summed E-state index contributed by atoms with van der Waals surface area (Å²) in [6, 6.07) is 13.1. The van der Waals surface area contributed by atoms with E-state index in [1.165, 1.54) is 7.11 Å². The highest BCUT2D eigenvalue weighted by Gasteiger charge is 2.51. The van der Waals surface area contributed by atoms with Crippen molar-refractivity contribution in [2.45, 2.75) is 50.9 Å². The van der Waals surface area contributed by atoms with Crippen LogP contribution >= 0.6 is 0 Å². The van der Waals surface area contributed by atoms with Crippen LogP contribution in [-0.4, -0.2) is 53.6 Å². The molecule has 0 radical (unpaired) electrons. The molecule has 1 fully saturated rings. The highest BCUT2D eigenvalue weighted by molar-refractivity contribution is 5.87. The van der Waals surface area contributed by atoms with Gasteiger partial charge in [-0.05, 0) is 44.0 Å². The van der Waals surface area contributed by atoms with E-state index in [1.54, 1.807) is 32.0 Å². The fourth-order valence-corrected chi connectivity index (χ4v) is 4.50. The molecule has 0 saturated carbocycles. The first kappa shape index (κ1) is 23.7. The maximum absolute atomic E-state index is 12.8. The molecule has 1 aliphatic heterocycles. The lowest BCUT2D eigenvalue weighted by Gasteiger charge is -2.47. The van der Waals surface area contributed by atoms with Gasteiger partial charge < -0.3 is 34.2 Å². The standard InChI is InChI=1S/C25H27NO8/c1-13-16-11-10-15(12-17(16)33-22(28)18(13)14-8-6-5-7-9-14)32-23-19(26-24(29)30)20(27)21(31-4)25(2,3)34-23/h5-12,19-21,23,26-27H,1-4H3,(H,29,30)/t19-,20-,21-,23-/m1/s1. The first-order valence-electron chi connectivity index (χ1n) is 10.8. The van der Waals surface area contributed by atoms with Crippen LogP contribution in [0.3, 0.4) is 0 Å². The predicted octanol–water partition coefficient (Wildman–Crippen LogP) is 3.29. The Labute approximate surface area is 195 Å². The second-order valence-corrected chi connectivity index (χ2v) is 8.74. The number of aliphatic hydroxyl groups is 1. The number of fused-ring (bicyclic) bond motifs is 1. The molecule has 0 unspecified atom stereocenters. The van der Waals surface area contributed by atoms with Gasteiger partial charge >= 0.3 is 11.7 Å². The van der Waals surface area contributed by atoms with Gasteiger partial charge in [-0.25, -0.2) is 9.59 Å². The third-order valence-electron chi connectivity index (χ3n) is 6.07. The Hall–Kier alpha value is -3.40. The zero-order chi connectivity index (χ0) is 24.6. The molecule has 4 atom stereocenters. The molecule has 9 nitrogen and oxygen atoms in total. The van der Waals surface area contributed by atoms with Crippen molar-refractivity contribution in [3.63, 3.8) is 0 Å². The van der Waals surface area contributed by atoms with E-state index < -0.39 is 41.9 Å². The molecule has 3 N–H and O–H groups in total. The molecule has 3 aromatic rings. The molecule has 1 aromatic heterocycles. The number of hydrogen-bond donors (Lipinski definition) is 3. The molecule has 4 rings (SSSR count). The van der Waals surface area contributed by atoms with Crippen LogP contribution in [0.2, 0.25) is 0 Å². The minimum atomic E-state index is -1.34. The highest BCUT2D eigenvalue weighted by atomic mass is 16.7. The second kappa shape index (κ2) is 9.09. The number of carbonyl (C=O) groups is 1. The van der Waals surface area contributed by atoms with Crippen molar-refractivity contribution < 1.29 is 33.6 Å². The monoisotopic (exact) mass is 469 g/mol. The number of ether oxygens (including phenoxy) is 3. The number of methoxy groups -OCH3 is 1. The first-order chi connectivity index (χ1) is 16.1. The molecule has 0 bridgehead atoms. The summed E-state index contributed by atoms with van der Waals surface area (Å²) in [6.45, 7) is 5.28. The maximum Gasteiger partial charge on any atom is 0.405 e. The minimum Gasteiger partial charge on any atom is -0.465 e. The predicted molar refractivity (Wildman–Crippen MR) is 124 cm³/mol. The molecule has 1 amide bonds. The lowest BCUT2D eigenvalue weighted by Crippen LogP contribution is -2.68. The van der Waals surface area contributed by atoms with Gasteiger partial charge in [0.1, 0.15) is 29.6 Å². The number of hydrogen-bond acceptors (Lipinski definition) is 7. The normalized spacial score (nSPS) is 24.0. The van der Waals surface area contributed by atoms with Gasteiger partial charge in [0.25, 0.3) is 0 Å². The van der Waals surface area contributed by atoms with E-state index in [2.05, 4.69) is 5.32 Å². The smallest absolute Gasteiger partial charge is 0.405 e. The summed E-state index contributed by atoms with van der Waals surface area (Å²) in [6.07, 6.45) is -4.53. The third kappa shape index (κ3) is 4.37. The van der Waals surface area contributed by atoms with Crippen LogP contribution in [0.25, 0.3) is 22.1 Å². The molecule has 2 heterocycles. The zero-order valence-corrected chi connectivity index (χ0v) is 19.3. The minimum absolute atomic E-state index is 0.281. The van der Waals surface area contributed by atoms with E-state index in [0.29, 0.717) is 11.1 Å². The SMILES string of the molecule is CO[C@@H]1[C@H](O)[C@@H](NC(=O)O)[C@H](Oc2ccc3c(C)c(-c4ccccc4)c(=O)oc3c2)OC1(C)C. The average Bonchev–Trinajstić information content (AvgIpc) is 2.76. The Bertz CT molecular complexity index is 1250. The largest absolute Gasteiger partial charge is 0.465 e. The van der Waals surface area contributed by atoms with Gasteiger partial charge in [0, 0.05) is 18.6 Å². The zero-order valence-electron chi connectivity index (χ0n) is 19.3. The summed E-state index contributed by atoms with van der Waals surface area (Å²) in [5, 5.41) is 23.0. The molecule has 34 heavy (non-hydrogen) atoms. The molecule has 0 aliphatic carbocycles. The summed E-state index contributed by atoms with van der Waals surface area (Å²) >= 11 is 0.